The Labute approximate surface area is 141 Å². The van der Waals surface area contributed by atoms with Crippen LogP contribution in [-0.4, -0.2) is 30.2 Å². The molecule has 1 aromatic heterocycles. The average molecular weight is 353 g/mol. The average Bonchev–Trinajstić information content (AvgIpc) is 2.55. The van der Waals surface area contributed by atoms with Crippen LogP contribution in [0.15, 0.2) is 35.8 Å². The second kappa shape index (κ2) is 7.27. The minimum absolute atomic E-state index is 0.0648. The van der Waals surface area contributed by atoms with Gasteiger partial charge in [-0.1, -0.05) is 17.7 Å². The fourth-order valence-electron chi connectivity index (χ4n) is 2.18. The maximum absolute atomic E-state index is 13.8. The van der Waals surface area contributed by atoms with Gasteiger partial charge >= 0.3 is 5.97 Å². The van der Waals surface area contributed by atoms with Gasteiger partial charge in [-0.2, -0.15) is 0 Å². The van der Waals surface area contributed by atoms with Crippen LogP contribution in [0.1, 0.15) is 17.3 Å². The Morgan fingerprint density at radius 3 is 2.79 bits per heavy atom. The first-order chi connectivity index (χ1) is 11.4. The molecule has 0 spiro atoms. The third-order valence-corrected chi connectivity index (χ3v) is 3.53. The number of esters is 1. The summed E-state index contributed by atoms with van der Waals surface area (Å²) in [4.78, 5) is 35.8. The molecule has 0 fully saturated rings. The van der Waals surface area contributed by atoms with E-state index in [1.165, 1.54) is 16.8 Å². The van der Waals surface area contributed by atoms with Crippen molar-refractivity contribution in [3.63, 3.8) is 0 Å². The predicted molar refractivity (Wildman–Crippen MR) is 88.5 cm³/mol. The maximum atomic E-state index is 13.8. The van der Waals surface area contributed by atoms with E-state index in [2.05, 4.69) is 6.58 Å². The Hall–Kier alpha value is -2.67. The lowest BCUT2D eigenvalue weighted by Gasteiger charge is -2.22. The summed E-state index contributed by atoms with van der Waals surface area (Å²) in [5.74, 6) is -1.67. The van der Waals surface area contributed by atoms with E-state index in [4.69, 9.17) is 16.3 Å². The Morgan fingerprint density at radius 2 is 2.21 bits per heavy atom. The number of benzene rings is 1. The van der Waals surface area contributed by atoms with Crippen molar-refractivity contribution in [2.75, 3.05) is 18.2 Å². The van der Waals surface area contributed by atoms with E-state index in [0.29, 0.717) is 6.41 Å². The summed E-state index contributed by atoms with van der Waals surface area (Å²) >= 11 is 5.78. The molecule has 0 saturated heterocycles. The highest BCUT2D eigenvalue weighted by Crippen LogP contribution is 2.22. The number of pyridine rings is 1. The van der Waals surface area contributed by atoms with E-state index >= 15 is 0 Å². The van der Waals surface area contributed by atoms with Gasteiger partial charge in [0.25, 0.3) is 0 Å². The van der Waals surface area contributed by atoms with E-state index in [-0.39, 0.29) is 34.6 Å². The van der Waals surface area contributed by atoms with E-state index in [9.17, 15) is 18.8 Å². The molecular weight excluding hydrogens is 339 g/mol. The van der Waals surface area contributed by atoms with Gasteiger partial charge in [0.05, 0.1) is 29.1 Å². The highest BCUT2D eigenvalue weighted by Gasteiger charge is 2.20. The minimum atomic E-state index is -0.863. The SMILES string of the molecule is C=CCN(C=O)n1cc(C(=O)OCC)c(=O)c2cc(F)c(Cl)cc21. The first-order valence-corrected chi connectivity index (χ1v) is 7.37. The first kappa shape index (κ1) is 17.7. The van der Waals surface area contributed by atoms with Gasteiger partial charge in [0.2, 0.25) is 11.8 Å². The van der Waals surface area contributed by atoms with E-state index < -0.39 is 17.2 Å². The number of aromatic nitrogens is 1. The Morgan fingerprint density at radius 1 is 1.50 bits per heavy atom. The molecule has 2 rings (SSSR count). The van der Waals surface area contributed by atoms with Gasteiger partial charge in [-0.15, -0.1) is 6.58 Å². The highest BCUT2D eigenvalue weighted by atomic mass is 35.5. The van der Waals surface area contributed by atoms with Crippen molar-refractivity contribution in [3.05, 3.63) is 57.6 Å². The van der Waals surface area contributed by atoms with Gasteiger partial charge in [0.15, 0.2) is 0 Å². The number of hydrogen-bond acceptors (Lipinski definition) is 4. The van der Waals surface area contributed by atoms with Crippen LogP contribution < -0.4 is 10.4 Å². The van der Waals surface area contributed by atoms with Crippen LogP contribution in [0, 0.1) is 5.82 Å². The summed E-state index contributed by atoms with van der Waals surface area (Å²) < 4.78 is 19.9. The molecule has 6 nitrogen and oxygen atoms in total. The van der Waals surface area contributed by atoms with Crippen molar-refractivity contribution < 1.29 is 18.7 Å². The third-order valence-electron chi connectivity index (χ3n) is 3.24. The maximum Gasteiger partial charge on any atom is 0.343 e. The van der Waals surface area contributed by atoms with Gasteiger partial charge in [-0.25, -0.2) is 14.2 Å². The van der Waals surface area contributed by atoms with Crippen LogP contribution in [0.5, 0.6) is 0 Å². The number of halogens is 2. The number of nitrogens with zero attached hydrogens (tertiary/aromatic N) is 2. The van der Waals surface area contributed by atoms with Crippen molar-refractivity contribution in [2.45, 2.75) is 6.92 Å². The smallest absolute Gasteiger partial charge is 0.343 e. The van der Waals surface area contributed by atoms with E-state index in [1.807, 2.05) is 0 Å². The molecule has 1 heterocycles. The van der Waals surface area contributed by atoms with E-state index in [0.717, 1.165) is 17.3 Å². The van der Waals surface area contributed by atoms with Gasteiger partial charge < -0.3 is 4.74 Å². The number of carbonyl (C=O) groups excluding carboxylic acids is 2. The van der Waals surface area contributed by atoms with Crippen molar-refractivity contribution in [1.29, 1.82) is 0 Å². The van der Waals surface area contributed by atoms with Gasteiger partial charge in [-0.3, -0.25) is 14.3 Å². The van der Waals surface area contributed by atoms with Crippen molar-refractivity contribution in [3.8, 4) is 0 Å². The zero-order valence-corrected chi connectivity index (χ0v) is 13.5. The largest absolute Gasteiger partial charge is 0.462 e. The Balaban J connectivity index is 2.87. The number of amides is 1. The molecule has 0 saturated carbocycles. The number of carbonyl (C=O) groups is 2. The number of ether oxygens (including phenoxy) is 1. The van der Waals surface area contributed by atoms with Crippen molar-refractivity contribution in [2.24, 2.45) is 0 Å². The van der Waals surface area contributed by atoms with Crippen molar-refractivity contribution >= 4 is 34.9 Å². The molecule has 1 amide bonds. The molecule has 1 aromatic carbocycles. The summed E-state index contributed by atoms with van der Waals surface area (Å²) in [7, 11) is 0. The number of hydrogen-bond donors (Lipinski definition) is 0. The Kier molecular flexibility index (Phi) is 5.35. The molecule has 8 heteroatoms. The zero-order chi connectivity index (χ0) is 17.9. The first-order valence-electron chi connectivity index (χ1n) is 6.99. The molecule has 0 radical (unpaired) electrons. The van der Waals surface area contributed by atoms with Crippen LogP contribution in [0.3, 0.4) is 0 Å². The van der Waals surface area contributed by atoms with E-state index in [1.54, 1.807) is 6.92 Å². The van der Waals surface area contributed by atoms with Gasteiger partial charge in [-0.05, 0) is 19.1 Å². The zero-order valence-electron chi connectivity index (χ0n) is 12.8. The molecule has 2 aromatic rings. The fraction of sp³-hybridized carbons (Fsp3) is 0.188. The van der Waals surface area contributed by atoms with Gasteiger partial charge in [0.1, 0.15) is 11.4 Å². The topological polar surface area (TPSA) is 68.6 Å². The fourth-order valence-corrected chi connectivity index (χ4v) is 2.34. The summed E-state index contributed by atoms with van der Waals surface area (Å²) in [6, 6.07) is 2.14. The molecule has 0 aliphatic rings. The summed E-state index contributed by atoms with van der Waals surface area (Å²) in [5.41, 5.74) is -0.852. The molecule has 0 N–H and O–H groups in total. The predicted octanol–water partition coefficient (Wildman–Crippen LogP) is 2.25. The summed E-state index contributed by atoms with van der Waals surface area (Å²) in [5, 5.41) is 0.827. The normalized spacial score (nSPS) is 10.5. The highest BCUT2D eigenvalue weighted by molar-refractivity contribution is 6.31. The molecule has 0 unspecified atom stereocenters. The van der Waals surface area contributed by atoms with Crippen LogP contribution in [-0.2, 0) is 9.53 Å². The standard InChI is InChI=1S/C16H14ClFN2O4/c1-3-5-19(9-21)20-8-11(16(23)24-4-2)15(22)10-6-13(18)12(17)7-14(10)20/h3,6-9H,1,4-5H2,2H3. The third kappa shape index (κ3) is 3.16. The molecular formula is C16H14ClFN2O4. The second-order valence-corrected chi connectivity index (χ2v) is 5.14. The van der Waals surface area contributed by atoms with Gasteiger partial charge in [0, 0.05) is 6.20 Å². The van der Waals surface area contributed by atoms with Crippen LogP contribution >= 0.6 is 11.6 Å². The number of fused-ring (bicyclic) bond motifs is 1. The molecule has 0 atom stereocenters. The molecule has 0 aliphatic heterocycles. The lowest BCUT2D eigenvalue weighted by molar-refractivity contribution is -0.108. The molecule has 24 heavy (non-hydrogen) atoms. The molecule has 126 valence electrons. The Bertz CT molecular complexity index is 878. The molecule has 0 aliphatic carbocycles. The quantitative estimate of drug-likeness (QED) is 0.454. The van der Waals surface area contributed by atoms with Crippen LogP contribution in [0.4, 0.5) is 4.39 Å². The monoisotopic (exact) mass is 352 g/mol. The van der Waals surface area contributed by atoms with Crippen LogP contribution in [0.25, 0.3) is 10.9 Å². The summed E-state index contributed by atoms with van der Waals surface area (Å²) in [6.45, 7) is 5.29. The van der Waals surface area contributed by atoms with Crippen molar-refractivity contribution in [1.82, 2.24) is 4.68 Å². The minimum Gasteiger partial charge on any atom is -0.462 e. The number of rotatable bonds is 6. The second-order valence-electron chi connectivity index (χ2n) is 4.74. The molecule has 0 bridgehead atoms. The van der Waals surface area contributed by atoms with Crippen LogP contribution in [0.2, 0.25) is 5.02 Å². The lowest BCUT2D eigenvalue weighted by Crippen LogP contribution is -2.36. The summed E-state index contributed by atoms with van der Waals surface area (Å²) in [6.07, 6.45) is 3.10. The lowest BCUT2D eigenvalue weighted by atomic mass is 10.1.